The highest BCUT2D eigenvalue weighted by Gasteiger charge is 2.25. The van der Waals surface area contributed by atoms with Crippen molar-refractivity contribution in [1.82, 2.24) is 0 Å². The third kappa shape index (κ3) is 9.66. The van der Waals surface area contributed by atoms with Crippen molar-refractivity contribution in [3.8, 4) is 0 Å². The summed E-state index contributed by atoms with van der Waals surface area (Å²) in [6.07, 6.45) is 1.04. The van der Waals surface area contributed by atoms with E-state index in [1.165, 1.54) is 0 Å². The minimum absolute atomic E-state index is 0.0390. The first-order valence-corrected chi connectivity index (χ1v) is 8.14. The van der Waals surface area contributed by atoms with Crippen LogP contribution in [0.5, 0.6) is 0 Å². The Kier molecular flexibility index (Phi) is 9.28. The highest BCUT2D eigenvalue weighted by atomic mass is 32.2. The Morgan fingerprint density at radius 2 is 1.87 bits per heavy atom. The molecule has 0 aliphatic rings. The number of carbonyl (C=O) groups is 2. The van der Waals surface area contributed by atoms with Gasteiger partial charge in [0.25, 0.3) is 0 Å². The summed E-state index contributed by atoms with van der Waals surface area (Å²) in [5.41, 5.74) is 0. The van der Waals surface area contributed by atoms with E-state index in [9.17, 15) is 9.59 Å². The van der Waals surface area contributed by atoms with E-state index in [4.69, 9.17) is 0 Å². The van der Waals surface area contributed by atoms with E-state index in [1.54, 1.807) is 0 Å². The van der Waals surface area contributed by atoms with Gasteiger partial charge in [0.2, 0.25) is 4.45 Å². The average molecular weight is 286 g/mol. The molecule has 2 nitrogen and oxygen atoms in total. The summed E-state index contributed by atoms with van der Waals surface area (Å²) in [5, 5.41) is 0. The molecule has 0 aromatic rings. The molecule has 0 bridgehead atoms. The average Bonchev–Trinajstić information content (AvgIpc) is 2.09. The van der Waals surface area contributed by atoms with Gasteiger partial charge in [-0.2, -0.15) is 0 Å². The van der Waals surface area contributed by atoms with Crippen LogP contribution >= 0.6 is 37.0 Å². The van der Waals surface area contributed by atoms with Crippen LogP contribution in [0.1, 0.15) is 20.3 Å². The number of rotatable bonds is 6. The van der Waals surface area contributed by atoms with Crippen LogP contribution in [0.15, 0.2) is 0 Å². The molecule has 0 heterocycles. The second-order valence-corrected chi connectivity index (χ2v) is 8.12. The van der Waals surface area contributed by atoms with Crippen LogP contribution in [0.4, 0.5) is 9.59 Å². The summed E-state index contributed by atoms with van der Waals surface area (Å²) in [7, 11) is -0.295. The fourth-order valence-electron chi connectivity index (χ4n) is 0.884. The molecule has 0 rings (SSSR count). The SMILES string of the molecule is CC(C)CC[S+](CCSC(=O)S)C(=O)S. The highest BCUT2D eigenvalue weighted by Crippen LogP contribution is 2.14. The Hall–Kier alpha value is 0.740. The second kappa shape index (κ2) is 8.84. The second-order valence-electron chi connectivity index (χ2n) is 3.46. The molecule has 0 spiro atoms. The van der Waals surface area contributed by atoms with Crippen LogP contribution in [-0.4, -0.2) is 26.2 Å². The summed E-state index contributed by atoms with van der Waals surface area (Å²) < 4.78 is -0.225. The smallest absolute Gasteiger partial charge is 0.275 e. The van der Waals surface area contributed by atoms with Crippen LogP contribution in [0.2, 0.25) is 0 Å². The van der Waals surface area contributed by atoms with Crippen LogP contribution in [0.3, 0.4) is 0 Å². The molecule has 88 valence electrons. The molecule has 0 fully saturated rings. The molecule has 0 radical (unpaired) electrons. The lowest BCUT2D eigenvalue weighted by atomic mass is 10.2. The lowest BCUT2D eigenvalue weighted by Crippen LogP contribution is -2.20. The minimum atomic E-state index is -0.295. The molecule has 0 saturated heterocycles. The maximum Gasteiger partial charge on any atom is 0.386 e. The summed E-state index contributed by atoms with van der Waals surface area (Å²) in [5.74, 6) is 2.90. The Bertz CT molecular complexity index is 218. The zero-order valence-corrected chi connectivity index (χ0v) is 12.4. The van der Waals surface area contributed by atoms with Crippen molar-refractivity contribution >= 4 is 56.8 Å². The molecule has 1 unspecified atom stereocenters. The lowest BCUT2D eigenvalue weighted by Gasteiger charge is -2.05. The predicted octanol–water partition coefficient (Wildman–Crippen LogP) is 3.48. The van der Waals surface area contributed by atoms with E-state index in [2.05, 4.69) is 39.1 Å². The van der Waals surface area contributed by atoms with Crippen LogP contribution in [-0.2, 0) is 10.9 Å². The predicted molar refractivity (Wildman–Crippen MR) is 77.8 cm³/mol. The number of hydrogen-bond acceptors (Lipinski definition) is 3. The Morgan fingerprint density at radius 1 is 1.27 bits per heavy atom. The third-order valence-corrected chi connectivity index (χ3v) is 5.74. The van der Waals surface area contributed by atoms with Gasteiger partial charge in [0.1, 0.15) is 11.5 Å². The molecule has 1 atom stereocenters. The van der Waals surface area contributed by atoms with E-state index in [0.29, 0.717) is 11.7 Å². The topological polar surface area (TPSA) is 34.1 Å². The summed E-state index contributed by atoms with van der Waals surface area (Å²) in [6.45, 7) is 4.27. The molecule has 6 heteroatoms. The molecule has 0 amide bonds. The maximum atomic E-state index is 11.2. The van der Waals surface area contributed by atoms with E-state index in [-0.39, 0.29) is 19.8 Å². The molecule has 0 saturated carbocycles. The largest absolute Gasteiger partial charge is 0.386 e. The molecule has 15 heavy (non-hydrogen) atoms. The summed E-state index contributed by atoms with van der Waals surface area (Å²) in [4.78, 5) is 21.8. The first-order valence-electron chi connectivity index (χ1n) is 4.69. The van der Waals surface area contributed by atoms with Gasteiger partial charge in [0.15, 0.2) is 0 Å². The highest BCUT2D eigenvalue weighted by molar-refractivity contribution is 8.33. The van der Waals surface area contributed by atoms with Gasteiger partial charge in [-0.1, -0.05) is 38.2 Å². The molecule has 0 aliphatic heterocycles. The summed E-state index contributed by atoms with van der Waals surface area (Å²) in [6, 6.07) is 0. The minimum Gasteiger partial charge on any atom is -0.275 e. The Morgan fingerprint density at radius 3 is 2.27 bits per heavy atom. The number of thiol groups is 2. The van der Waals surface area contributed by atoms with Gasteiger partial charge in [-0.15, -0.1) is 0 Å². The van der Waals surface area contributed by atoms with Gasteiger partial charge in [-0.3, -0.25) is 4.79 Å². The fraction of sp³-hybridized carbons (Fsp3) is 0.778. The van der Waals surface area contributed by atoms with Crippen molar-refractivity contribution < 1.29 is 9.59 Å². The Balaban J connectivity index is 3.83. The van der Waals surface area contributed by atoms with Crippen molar-refractivity contribution in [2.24, 2.45) is 5.92 Å². The first kappa shape index (κ1) is 15.7. The van der Waals surface area contributed by atoms with Crippen molar-refractivity contribution in [1.29, 1.82) is 0 Å². The zero-order valence-electron chi connectivity index (χ0n) is 8.93. The van der Waals surface area contributed by atoms with E-state index in [0.717, 1.165) is 29.7 Å². The first-order chi connectivity index (χ1) is 6.93. The lowest BCUT2D eigenvalue weighted by molar-refractivity contribution is 0.276. The summed E-state index contributed by atoms with van der Waals surface area (Å²) >= 11 is 8.70. The Labute approximate surface area is 110 Å². The number of thioether (sulfide) groups is 1. The van der Waals surface area contributed by atoms with Gasteiger partial charge >= 0.3 is 4.45 Å². The third-order valence-electron chi connectivity index (χ3n) is 1.74. The van der Waals surface area contributed by atoms with Crippen molar-refractivity contribution in [3.05, 3.63) is 0 Å². The fourth-order valence-corrected chi connectivity index (χ4v) is 4.33. The number of hydrogen-bond donors (Lipinski definition) is 2. The van der Waals surface area contributed by atoms with Crippen LogP contribution < -0.4 is 0 Å². The monoisotopic (exact) mass is 285 g/mol. The number of carbonyl (C=O) groups excluding carboxylic acids is 2. The van der Waals surface area contributed by atoms with Gasteiger partial charge in [0, 0.05) is 5.75 Å². The van der Waals surface area contributed by atoms with Gasteiger partial charge < -0.3 is 0 Å². The van der Waals surface area contributed by atoms with E-state index in [1.807, 2.05) is 0 Å². The van der Waals surface area contributed by atoms with Crippen LogP contribution in [0.25, 0.3) is 0 Å². The zero-order chi connectivity index (χ0) is 11.8. The van der Waals surface area contributed by atoms with Crippen molar-refractivity contribution in [3.63, 3.8) is 0 Å². The molecule has 0 N–H and O–H groups in total. The molecular weight excluding hydrogens is 268 g/mol. The normalized spacial score (nSPS) is 12.9. The van der Waals surface area contributed by atoms with Gasteiger partial charge in [0.05, 0.1) is 10.9 Å². The molecular formula is C9H17O2S4+. The maximum absolute atomic E-state index is 11.2. The quantitative estimate of drug-likeness (QED) is 0.579. The van der Waals surface area contributed by atoms with Crippen LogP contribution in [0, 0.1) is 5.92 Å². The molecule has 0 aliphatic carbocycles. The van der Waals surface area contributed by atoms with E-state index >= 15 is 0 Å². The van der Waals surface area contributed by atoms with Crippen molar-refractivity contribution in [2.45, 2.75) is 20.3 Å². The van der Waals surface area contributed by atoms with Gasteiger partial charge in [-0.25, -0.2) is 4.79 Å². The molecule has 0 aromatic heterocycles. The van der Waals surface area contributed by atoms with Crippen molar-refractivity contribution in [2.75, 3.05) is 17.3 Å². The van der Waals surface area contributed by atoms with E-state index < -0.39 is 0 Å². The molecule has 0 aromatic carbocycles. The standard InChI is InChI=1S/C9H16O2S4/c1-7(2)3-5-15(9(11)13)6-4-14-8(10)12/h7H,3-6H2,1-2H3,(H-,10,11,12,13)/p+1. The van der Waals surface area contributed by atoms with Gasteiger partial charge in [-0.05, 0) is 25.0 Å².